The molecule has 2 rings (SSSR count). The van der Waals surface area contributed by atoms with Crippen LogP contribution >= 0.6 is 0 Å². The van der Waals surface area contributed by atoms with Gasteiger partial charge in [0.05, 0.1) is 13.2 Å². The normalized spacial score (nSPS) is 30.6. The molecular weight excluding hydrogens is 178 g/mol. The van der Waals surface area contributed by atoms with Gasteiger partial charge in [0.1, 0.15) is 5.75 Å². The number of hydrogen-bond donors (Lipinski definition) is 2. The molecule has 1 aliphatic heterocycles. The Balaban J connectivity index is 2.41. The minimum atomic E-state index is -0.367. The molecular formula is C11H15NO2. The molecule has 0 aliphatic carbocycles. The van der Waals surface area contributed by atoms with Crippen molar-refractivity contribution in [3.8, 4) is 5.75 Å². The molecule has 3 heteroatoms. The topological polar surface area (TPSA) is 55.5 Å². The molecule has 2 unspecified atom stereocenters. The molecule has 0 saturated heterocycles. The van der Waals surface area contributed by atoms with E-state index in [1.54, 1.807) is 0 Å². The van der Waals surface area contributed by atoms with Crippen molar-refractivity contribution in [1.29, 1.82) is 0 Å². The number of hydrogen-bond acceptors (Lipinski definition) is 3. The monoisotopic (exact) mass is 193 g/mol. The molecule has 14 heavy (non-hydrogen) atoms. The zero-order valence-electron chi connectivity index (χ0n) is 8.23. The fraction of sp³-hybridized carbons (Fsp3) is 0.455. The smallest absolute Gasteiger partial charge is 0.124 e. The van der Waals surface area contributed by atoms with Crippen molar-refractivity contribution in [2.24, 2.45) is 11.1 Å². The molecule has 76 valence electrons. The molecule has 0 aromatic heterocycles. The van der Waals surface area contributed by atoms with Crippen LogP contribution in [-0.2, 0) is 0 Å². The molecule has 1 aromatic rings. The molecule has 0 radical (unpaired) electrons. The zero-order valence-corrected chi connectivity index (χ0v) is 8.23. The van der Waals surface area contributed by atoms with E-state index in [0.29, 0.717) is 6.61 Å². The lowest BCUT2D eigenvalue weighted by atomic mass is 9.78. The number of aliphatic hydroxyl groups is 1. The number of aliphatic hydroxyl groups excluding tert-OH is 1. The largest absolute Gasteiger partial charge is 0.493 e. The third-order valence-corrected chi connectivity index (χ3v) is 2.92. The lowest BCUT2D eigenvalue weighted by Gasteiger charge is -2.38. The molecule has 0 spiro atoms. The Bertz CT molecular complexity index is 340. The molecule has 3 N–H and O–H groups in total. The van der Waals surface area contributed by atoms with Gasteiger partial charge in [-0.25, -0.2) is 0 Å². The third kappa shape index (κ3) is 1.29. The molecule has 0 fully saturated rings. The van der Waals surface area contributed by atoms with Crippen LogP contribution in [0, 0.1) is 5.41 Å². The number of benzene rings is 1. The van der Waals surface area contributed by atoms with Crippen molar-refractivity contribution in [3.63, 3.8) is 0 Å². The van der Waals surface area contributed by atoms with Gasteiger partial charge < -0.3 is 15.6 Å². The van der Waals surface area contributed by atoms with E-state index in [1.807, 2.05) is 31.2 Å². The average molecular weight is 193 g/mol. The van der Waals surface area contributed by atoms with Crippen LogP contribution < -0.4 is 10.5 Å². The van der Waals surface area contributed by atoms with Crippen LogP contribution in [0.5, 0.6) is 5.75 Å². The first-order valence-electron chi connectivity index (χ1n) is 4.75. The van der Waals surface area contributed by atoms with Crippen molar-refractivity contribution < 1.29 is 9.84 Å². The van der Waals surface area contributed by atoms with E-state index in [-0.39, 0.29) is 18.1 Å². The number of ether oxygens (including phenoxy) is 1. The maximum atomic E-state index is 9.29. The van der Waals surface area contributed by atoms with Gasteiger partial charge in [-0.3, -0.25) is 0 Å². The standard InChI is InChI=1S/C11H15NO2/c1-11(6-13)7-14-9-5-3-2-4-8(9)10(11)12/h2-5,10,13H,6-7,12H2,1H3. The predicted octanol–water partition coefficient (Wildman–Crippen LogP) is 1.08. The molecule has 2 atom stereocenters. The van der Waals surface area contributed by atoms with Crippen LogP contribution in [-0.4, -0.2) is 18.3 Å². The maximum absolute atomic E-state index is 9.29. The van der Waals surface area contributed by atoms with Gasteiger partial charge in [-0.15, -0.1) is 0 Å². The summed E-state index contributed by atoms with van der Waals surface area (Å²) in [5, 5.41) is 9.29. The number of fused-ring (bicyclic) bond motifs is 1. The lowest BCUT2D eigenvalue weighted by molar-refractivity contribution is 0.0414. The second-order valence-corrected chi connectivity index (χ2v) is 4.12. The summed E-state index contributed by atoms with van der Waals surface area (Å²) in [4.78, 5) is 0. The fourth-order valence-electron chi connectivity index (χ4n) is 1.72. The summed E-state index contributed by atoms with van der Waals surface area (Å²) in [5.74, 6) is 0.839. The molecule has 1 aromatic carbocycles. The van der Waals surface area contributed by atoms with Gasteiger partial charge in [0.2, 0.25) is 0 Å². The van der Waals surface area contributed by atoms with Crippen LogP contribution in [0.1, 0.15) is 18.5 Å². The van der Waals surface area contributed by atoms with Gasteiger partial charge in [-0.1, -0.05) is 25.1 Å². The number of rotatable bonds is 1. The van der Waals surface area contributed by atoms with Gasteiger partial charge in [0.15, 0.2) is 0 Å². The Kier molecular flexibility index (Phi) is 2.21. The molecule has 0 saturated carbocycles. The molecule has 3 nitrogen and oxygen atoms in total. The van der Waals surface area contributed by atoms with Crippen molar-refractivity contribution in [2.75, 3.05) is 13.2 Å². The van der Waals surface area contributed by atoms with Crippen molar-refractivity contribution >= 4 is 0 Å². The maximum Gasteiger partial charge on any atom is 0.124 e. The zero-order chi connectivity index (χ0) is 10.2. The highest BCUT2D eigenvalue weighted by atomic mass is 16.5. The van der Waals surface area contributed by atoms with Gasteiger partial charge in [0, 0.05) is 17.0 Å². The summed E-state index contributed by atoms with van der Waals surface area (Å²) in [5.41, 5.74) is 6.71. The van der Waals surface area contributed by atoms with E-state index < -0.39 is 0 Å². The Morgan fingerprint density at radius 3 is 3.00 bits per heavy atom. The highest BCUT2D eigenvalue weighted by Crippen LogP contribution is 2.40. The Labute approximate surface area is 83.5 Å². The van der Waals surface area contributed by atoms with E-state index in [0.717, 1.165) is 11.3 Å². The first-order chi connectivity index (χ1) is 6.67. The summed E-state index contributed by atoms with van der Waals surface area (Å²) < 4.78 is 5.56. The summed E-state index contributed by atoms with van der Waals surface area (Å²) in [6, 6.07) is 7.56. The SMILES string of the molecule is CC1(CO)COc2ccccc2C1N. The van der Waals surface area contributed by atoms with Crippen LogP contribution in [0.2, 0.25) is 0 Å². The van der Waals surface area contributed by atoms with E-state index in [9.17, 15) is 5.11 Å². The third-order valence-electron chi connectivity index (χ3n) is 2.92. The highest BCUT2D eigenvalue weighted by molar-refractivity contribution is 5.38. The second-order valence-electron chi connectivity index (χ2n) is 4.12. The molecule has 1 heterocycles. The van der Waals surface area contributed by atoms with E-state index in [4.69, 9.17) is 10.5 Å². The summed E-state index contributed by atoms with van der Waals surface area (Å²) in [7, 11) is 0. The van der Waals surface area contributed by atoms with E-state index >= 15 is 0 Å². The van der Waals surface area contributed by atoms with Crippen molar-refractivity contribution in [1.82, 2.24) is 0 Å². The minimum Gasteiger partial charge on any atom is -0.493 e. The van der Waals surface area contributed by atoms with E-state index in [1.165, 1.54) is 0 Å². The number of para-hydroxylation sites is 1. The predicted molar refractivity (Wildman–Crippen MR) is 54.1 cm³/mol. The Hall–Kier alpha value is -1.06. The van der Waals surface area contributed by atoms with Crippen LogP contribution in [0.15, 0.2) is 24.3 Å². The van der Waals surface area contributed by atoms with Crippen molar-refractivity contribution in [3.05, 3.63) is 29.8 Å². The van der Waals surface area contributed by atoms with E-state index in [2.05, 4.69) is 0 Å². The first kappa shape index (κ1) is 9.49. The number of nitrogens with two attached hydrogens (primary N) is 1. The van der Waals surface area contributed by atoms with Gasteiger partial charge in [0.25, 0.3) is 0 Å². The van der Waals surface area contributed by atoms with Crippen molar-refractivity contribution in [2.45, 2.75) is 13.0 Å². The van der Waals surface area contributed by atoms with Gasteiger partial charge in [-0.05, 0) is 6.07 Å². The van der Waals surface area contributed by atoms with Gasteiger partial charge in [-0.2, -0.15) is 0 Å². The summed E-state index contributed by atoms with van der Waals surface area (Å²) >= 11 is 0. The Morgan fingerprint density at radius 1 is 1.57 bits per heavy atom. The van der Waals surface area contributed by atoms with Crippen LogP contribution in [0.4, 0.5) is 0 Å². The second kappa shape index (κ2) is 3.26. The lowest BCUT2D eigenvalue weighted by Crippen LogP contribution is -2.43. The average Bonchev–Trinajstić information content (AvgIpc) is 2.24. The fourth-order valence-corrected chi connectivity index (χ4v) is 1.72. The molecule has 1 aliphatic rings. The first-order valence-corrected chi connectivity index (χ1v) is 4.75. The Morgan fingerprint density at radius 2 is 2.29 bits per heavy atom. The quantitative estimate of drug-likeness (QED) is 0.701. The molecule has 0 amide bonds. The van der Waals surface area contributed by atoms with Crippen LogP contribution in [0.25, 0.3) is 0 Å². The summed E-state index contributed by atoms with van der Waals surface area (Å²) in [6.45, 7) is 2.46. The molecule has 0 bridgehead atoms. The van der Waals surface area contributed by atoms with Gasteiger partial charge >= 0.3 is 0 Å². The summed E-state index contributed by atoms with van der Waals surface area (Å²) in [6.07, 6.45) is 0. The minimum absolute atomic E-state index is 0.0441. The van der Waals surface area contributed by atoms with Crippen LogP contribution in [0.3, 0.4) is 0 Å². The highest BCUT2D eigenvalue weighted by Gasteiger charge is 2.38.